The Labute approximate surface area is 177 Å². The van der Waals surface area contributed by atoms with Crippen molar-refractivity contribution in [1.29, 1.82) is 0 Å². The Morgan fingerprint density at radius 2 is 1.70 bits per heavy atom. The number of aromatic nitrogens is 2. The van der Waals surface area contributed by atoms with Gasteiger partial charge in [0.2, 0.25) is 0 Å². The third kappa shape index (κ3) is 5.42. The molecule has 6 heteroatoms. The van der Waals surface area contributed by atoms with Crippen molar-refractivity contribution in [3.8, 4) is 5.75 Å². The molecule has 3 heterocycles. The summed E-state index contributed by atoms with van der Waals surface area (Å²) in [5.74, 6) is 0.566. The van der Waals surface area contributed by atoms with Crippen molar-refractivity contribution in [1.82, 2.24) is 19.8 Å². The molecule has 0 saturated carbocycles. The Kier molecular flexibility index (Phi) is 6.35. The quantitative estimate of drug-likeness (QED) is 0.651. The number of rotatable bonds is 5. The number of hydrogen-bond donors (Lipinski definition) is 0. The van der Waals surface area contributed by atoms with Gasteiger partial charge in [-0.1, -0.05) is 24.3 Å². The first-order valence-corrected chi connectivity index (χ1v) is 10.3. The first-order valence-electron chi connectivity index (χ1n) is 10.3. The number of aryl methyl sites for hydroxylation is 1. The maximum Gasteiger partial charge on any atom is 0.415 e. The van der Waals surface area contributed by atoms with E-state index in [2.05, 4.69) is 14.9 Å². The van der Waals surface area contributed by atoms with Gasteiger partial charge in [-0.05, 0) is 48.9 Å². The van der Waals surface area contributed by atoms with Gasteiger partial charge < -0.3 is 9.64 Å². The molecule has 0 atom stereocenters. The van der Waals surface area contributed by atoms with Gasteiger partial charge in [0.15, 0.2) is 0 Å². The van der Waals surface area contributed by atoms with Gasteiger partial charge in [-0.3, -0.25) is 14.9 Å². The van der Waals surface area contributed by atoms with E-state index in [1.165, 1.54) is 0 Å². The molecular weight excluding hydrogens is 376 g/mol. The zero-order valence-corrected chi connectivity index (χ0v) is 17.2. The Balaban J connectivity index is 1.25. The highest BCUT2D eigenvalue weighted by Crippen LogP contribution is 2.16. The van der Waals surface area contributed by atoms with Gasteiger partial charge in [-0.25, -0.2) is 4.79 Å². The van der Waals surface area contributed by atoms with Crippen LogP contribution < -0.4 is 4.74 Å². The monoisotopic (exact) mass is 402 g/mol. The average Bonchev–Trinajstić information content (AvgIpc) is 2.76. The zero-order chi connectivity index (χ0) is 20.8. The standard InChI is InChI=1S/C24H26N4O2/c1-19-5-4-7-22(26-19)18-27-13-15-28(16-14-27)24(29)30-23-10-8-20(9-11-23)17-21-6-2-3-12-25-21/h2-12H,13-18H2,1H3. The van der Waals surface area contributed by atoms with Gasteiger partial charge in [0.1, 0.15) is 5.75 Å². The van der Waals surface area contributed by atoms with Crippen molar-refractivity contribution in [2.45, 2.75) is 19.9 Å². The van der Waals surface area contributed by atoms with Gasteiger partial charge >= 0.3 is 6.09 Å². The molecule has 1 amide bonds. The van der Waals surface area contributed by atoms with Gasteiger partial charge in [0.25, 0.3) is 0 Å². The van der Waals surface area contributed by atoms with Crippen LogP contribution in [0, 0.1) is 6.92 Å². The van der Waals surface area contributed by atoms with Crippen molar-refractivity contribution in [3.05, 3.63) is 89.5 Å². The fraction of sp³-hybridized carbons (Fsp3) is 0.292. The predicted octanol–water partition coefficient (Wildman–Crippen LogP) is 3.69. The van der Waals surface area contributed by atoms with Crippen molar-refractivity contribution in [2.75, 3.05) is 26.2 Å². The summed E-state index contributed by atoms with van der Waals surface area (Å²) < 4.78 is 5.57. The molecule has 0 bridgehead atoms. The number of ether oxygens (including phenoxy) is 1. The maximum absolute atomic E-state index is 12.5. The lowest BCUT2D eigenvalue weighted by atomic mass is 10.1. The van der Waals surface area contributed by atoms with E-state index in [4.69, 9.17) is 4.74 Å². The third-order valence-corrected chi connectivity index (χ3v) is 5.20. The number of carbonyl (C=O) groups is 1. The minimum absolute atomic E-state index is 0.291. The Morgan fingerprint density at radius 3 is 2.40 bits per heavy atom. The number of piperazine rings is 1. The van der Waals surface area contributed by atoms with E-state index in [0.717, 1.165) is 48.7 Å². The van der Waals surface area contributed by atoms with Crippen LogP contribution in [0.1, 0.15) is 22.6 Å². The second-order valence-electron chi connectivity index (χ2n) is 7.54. The lowest BCUT2D eigenvalue weighted by Gasteiger charge is -2.33. The Bertz CT molecular complexity index is 968. The highest BCUT2D eigenvalue weighted by atomic mass is 16.6. The van der Waals surface area contributed by atoms with E-state index in [-0.39, 0.29) is 6.09 Å². The van der Waals surface area contributed by atoms with Gasteiger partial charge in [-0.2, -0.15) is 0 Å². The molecular formula is C24H26N4O2. The smallest absolute Gasteiger partial charge is 0.410 e. The molecule has 1 aromatic carbocycles. The highest BCUT2D eigenvalue weighted by molar-refractivity contribution is 5.70. The molecule has 3 aromatic rings. The van der Waals surface area contributed by atoms with Crippen molar-refractivity contribution in [2.24, 2.45) is 0 Å². The number of amides is 1. The number of hydrogen-bond acceptors (Lipinski definition) is 5. The van der Waals surface area contributed by atoms with Crippen LogP contribution in [0.2, 0.25) is 0 Å². The maximum atomic E-state index is 12.5. The summed E-state index contributed by atoms with van der Waals surface area (Å²) in [5.41, 5.74) is 4.24. The lowest BCUT2D eigenvalue weighted by Crippen LogP contribution is -2.49. The fourth-order valence-electron chi connectivity index (χ4n) is 3.56. The van der Waals surface area contributed by atoms with E-state index in [1.54, 1.807) is 11.1 Å². The molecule has 30 heavy (non-hydrogen) atoms. The van der Waals surface area contributed by atoms with Crippen LogP contribution in [0.25, 0.3) is 0 Å². The zero-order valence-electron chi connectivity index (χ0n) is 17.2. The van der Waals surface area contributed by atoms with Gasteiger partial charge in [-0.15, -0.1) is 0 Å². The molecule has 0 aliphatic carbocycles. The minimum Gasteiger partial charge on any atom is -0.410 e. The number of nitrogens with zero attached hydrogens (tertiary/aromatic N) is 4. The number of benzene rings is 1. The lowest BCUT2D eigenvalue weighted by molar-refractivity contribution is 0.107. The molecule has 4 rings (SSSR count). The second-order valence-corrected chi connectivity index (χ2v) is 7.54. The second kappa shape index (κ2) is 9.50. The molecule has 0 spiro atoms. The van der Waals surface area contributed by atoms with Gasteiger partial charge in [0.05, 0.1) is 5.69 Å². The van der Waals surface area contributed by atoms with E-state index >= 15 is 0 Å². The number of carbonyl (C=O) groups excluding carboxylic acids is 1. The predicted molar refractivity (Wildman–Crippen MR) is 115 cm³/mol. The van der Waals surface area contributed by atoms with Crippen molar-refractivity contribution < 1.29 is 9.53 Å². The summed E-state index contributed by atoms with van der Waals surface area (Å²) in [6, 6.07) is 19.6. The van der Waals surface area contributed by atoms with Crippen LogP contribution in [-0.2, 0) is 13.0 Å². The molecule has 1 saturated heterocycles. The molecule has 0 unspecified atom stereocenters. The largest absolute Gasteiger partial charge is 0.415 e. The average molecular weight is 402 g/mol. The third-order valence-electron chi connectivity index (χ3n) is 5.20. The number of pyridine rings is 2. The van der Waals surface area contributed by atoms with E-state index in [1.807, 2.05) is 67.6 Å². The summed E-state index contributed by atoms with van der Waals surface area (Å²) in [6.45, 7) is 5.75. The summed E-state index contributed by atoms with van der Waals surface area (Å²) in [6.07, 6.45) is 2.26. The molecule has 1 fully saturated rings. The topological polar surface area (TPSA) is 58.6 Å². The molecule has 1 aliphatic rings. The van der Waals surface area contributed by atoms with E-state index in [0.29, 0.717) is 18.8 Å². The van der Waals surface area contributed by atoms with Crippen LogP contribution in [0.5, 0.6) is 5.75 Å². The molecule has 0 radical (unpaired) electrons. The highest BCUT2D eigenvalue weighted by Gasteiger charge is 2.23. The summed E-state index contributed by atoms with van der Waals surface area (Å²) in [4.78, 5) is 25.5. The normalized spacial score (nSPS) is 14.5. The van der Waals surface area contributed by atoms with Crippen LogP contribution in [0.15, 0.2) is 66.9 Å². The Morgan fingerprint density at radius 1 is 0.933 bits per heavy atom. The van der Waals surface area contributed by atoms with Crippen molar-refractivity contribution in [3.63, 3.8) is 0 Å². The first kappa shape index (κ1) is 20.0. The summed E-state index contributed by atoms with van der Waals surface area (Å²) in [5, 5.41) is 0. The van der Waals surface area contributed by atoms with E-state index in [9.17, 15) is 4.79 Å². The van der Waals surface area contributed by atoms with E-state index < -0.39 is 0 Å². The first-order chi connectivity index (χ1) is 14.7. The fourth-order valence-corrected chi connectivity index (χ4v) is 3.56. The van der Waals surface area contributed by atoms with Crippen LogP contribution in [0.4, 0.5) is 4.79 Å². The molecule has 6 nitrogen and oxygen atoms in total. The van der Waals surface area contributed by atoms with Gasteiger partial charge in [0, 0.05) is 56.7 Å². The Hall–Kier alpha value is -3.25. The summed E-state index contributed by atoms with van der Waals surface area (Å²) in [7, 11) is 0. The van der Waals surface area contributed by atoms with Crippen LogP contribution in [0.3, 0.4) is 0 Å². The van der Waals surface area contributed by atoms with Crippen LogP contribution in [-0.4, -0.2) is 52.0 Å². The molecule has 1 aliphatic heterocycles. The van der Waals surface area contributed by atoms with Crippen molar-refractivity contribution >= 4 is 6.09 Å². The minimum atomic E-state index is -0.291. The molecule has 154 valence electrons. The summed E-state index contributed by atoms with van der Waals surface area (Å²) >= 11 is 0. The SMILES string of the molecule is Cc1cccc(CN2CCN(C(=O)Oc3ccc(Cc4ccccn4)cc3)CC2)n1. The van der Waals surface area contributed by atoms with Crippen LogP contribution >= 0.6 is 0 Å². The molecule has 0 N–H and O–H groups in total. The molecule has 2 aromatic heterocycles.